The second kappa shape index (κ2) is 6.18. The Kier molecular flexibility index (Phi) is 4.57. The largest absolute Gasteiger partial charge is 0.299 e. The van der Waals surface area contributed by atoms with Crippen LogP contribution < -0.4 is 0 Å². The summed E-state index contributed by atoms with van der Waals surface area (Å²) in [6.45, 7) is 2.99. The highest BCUT2D eigenvalue weighted by Gasteiger charge is 2.23. The van der Waals surface area contributed by atoms with Crippen molar-refractivity contribution in [3.05, 3.63) is 35.9 Å². The third-order valence-corrected chi connectivity index (χ3v) is 3.69. The van der Waals surface area contributed by atoms with Gasteiger partial charge in [0.25, 0.3) is 0 Å². The van der Waals surface area contributed by atoms with E-state index in [1.165, 1.54) is 5.56 Å². The fourth-order valence-corrected chi connectivity index (χ4v) is 2.58. The van der Waals surface area contributed by atoms with Gasteiger partial charge in [-0.3, -0.25) is 9.69 Å². The van der Waals surface area contributed by atoms with Crippen LogP contribution in [0.25, 0.3) is 0 Å². The van der Waals surface area contributed by atoms with E-state index in [1.807, 2.05) is 6.07 Å². The molecule has 1 heterocycles. The molecule has 0 N–H and O–H groups in total. The Bertz CT molecular complexity index is 358. The van der Waals surface area contributed by atoms with E-state index >= 15 is 0 Å². The van der Waals surface area contributed by atoms with Gasteiger partial charge in [0, 0.05) is 12.5 Å². The average molecular weight is 252 g/mol. The van der Waals surface area contributed by atoms with Gasteiger partial charge in [0.05, 0.1) is 5.88 Å². The van der Waals surface area contributed by atoms with E-state index in [0.29, 0.717) is 0 Å². The summed E-state index contributed by atoms with van der Waals surface area (Å²) in [7, 11) is 0. The second-order valence-corrected chi connectivity index (χ2v) is 4.90. The van der Waals surface area contributed by atoms with E-state index in [9.17, 15) is 4.79 Å². The van der Waals surface area contributed by atoms with Gasteiger partial charge in [-0.1, -0.05) is 30.3 Å². The zero-order valence-corrected chi connectivity index (χ0v) is 10.7. The molecule has 0 saturated carbocycles. The predicted molar refractivity (Wildman–Crippen MR) is 70.2 cm³/mol. The maximum atomic E-state index is 11.5. The van der Waals surface area contributed by atoms with Gasteiger partial charge in [0.1, 0.15) is 0 Å². The maximum Gasteiger partial charge on any atom is 0.150 e. The minimum absolute atomic E-state index is 0.170. The van der Waals surface area contributed by atoms with Crippen LogP contribution in [0, 0.1) is 5.92 Å². The van der Waals surface area contributed by atoms with E-state index in [-0.39, 0.29) is 17.6 Å². The lowest BCUT2D eigenvalue weighted by molar-refractivity contribution is -0.121. The lowest BCUT2D eigenvalue weighted by Crippen LogP contribution is -2.36. The van der Waals surface area contributed by atoms with Crippen LogP contribution in [0.4, 0.5) is 0 Å². The zero-order chi connectivity index (χ0) is 12.1. The summed E-state index contributed by atoms with van der Waals surface area (Å²) in [5, 5.41) is 0. The van der Waals surface area contributed by atoms with Gasteiger partial charge in [-0.15, -0.1) is 11.6 Å². The lowest BCUT2D eigenvalue weighted by Gasteiger charge is -2.30. The normalized spacial score (nSPS) is 18.2. The zero-order valence-electron chi connectivity index (χ0n) is 9.94. The van der Waals surface area contributed by atoms with E-state index in [1.54, 1.807) is 0 Å². The van der Waals surface area contributed by atoms with Crippen molar-refractivity contribution in [3.63, 3.8) is 0 Å². The average Bonchev–Trinajstić information content (AvgIpc) is 2.40. The molecular weight excluding hydrogens is 234 g/mol. The third kappa shape index (κ3) is 3.55. The molecule has 2 rings (SSSR count). The molecule has 0 aromatic heterocycles. The number of carbonyl (C=O) groups is 1. The Balaban J connectivity index is 1.82. The highest BCUT2D eigenvalue weighted by Crippen LogP contribution is 2.20. The van der Waals surface area contributed by atoms with Crippen LogP contribution >= 0.6 is 11.6 Å². The van der Waals surface area contributed by atoms with Crippen molar-refractivity contribution in [2.24, 2.45) is 5.92 Å². The fourth-order valence-electron chi connectivity index (χ4n) is 2.36. The quantitative estimate of drug-likeness (QED) is 0.767. The number of nitrogens with zero attached hydrogens (tertiary/aromatic N) is 1. The van der Waals surface area contributed by atoms with Crippen molar-refractivity contribution in [3.8, 4) is 0 Å². The summed E-state index contributed by atoms with van der Waals surface area (Å²) in [6, 6.07) is 10.5. The van der Waals surface area contributed by atoms with Crippen molar-refractivity contribution in [1.29, 1.82) is 0 Å². The molecule has 1 saturated heterocycles. The van der Waals surface area contributed by atoms with Gasteiger partial charge in [0.15, 0.2) is 5.78 Å². The molecule has 2 nitrogen and oxygen atoms in total. The minimum Gasteiger partial charge on any atom is -0.299 e. The molecule has 0 bridgehead atoms. The highest BCUT2D eigenvalue weighted by atomic mass is 35.5. The molecule has 0 spiro atoms. The first-order valence-electron chi connectivity index (χ1n) is 6.14. The number of carbonyl (C=O) groups excluding carboxylic acids is 1. The van der Waals surface area contributed by atoms with Gasteiger partial charge in [0.2, 0.25) is 0 Å². The van der Waals surface area contributed by atoms with Crippen molar-refractivity contribution in [2.75, 3.05) is 19.0 Å². The number of hydrogen-bond donors (Lipinski definition) is 0. The predicted octanol–water partition coefficient (Wildman–Crippen LogP) is 2.71. The lowest BCUT2D eigenvalue weighted by atomic mass is 9.93. The Morgan fingerprint density at radius 1 is 1.24 bits per heavy atom. The van der Waals surface area contributed by atoms with Crippen LogP contribution in [0.15, 0.2) is 30.3 Å². The smallest absolute Gasteiger partial charge is 0.150 e. The van der Waals surface area contributed by atoms with Crippen LogP contribution in [-0.4, -0.2) is 29.7 Å². The number of halogens is 1. The minimum atomic E-state index is 0.170. The molecule has 0 aliphatic carbocycles. The number of piperidine rings is 1. The first kappa shape index (κ1) is 12.6. The third-order valence-electron chi connectivity index (χ3n) is 3.42. The van der Waals surface area contributed by atoms with Gasteiger partial charge >= 0.3 is 0 Å². The topological polar surface area (TPSA) is 20.3 Å². The first-order chi connectivity index (χ1) is 8.29. The molecule has 1 aromatic rings. The number of alkyl halides is 1. The molecule has 1 aliphatic heterocycles. The van der Waals surface area contributed by atoms with Gasteiger partial charge in [-0.05, 0) is 31.5 Å². The molecule has 1 aliphatic rings. The van der Waals surface area contributed by atoms with Crippen molar-refractivity contribution in [1.82, 2.24) is 4.90 Å². The van der Waals surface area contributed by atoms with Crippen LogP contribution in [-0.2, 0) is 11.3 Å². The van der Waals surface area contributed by atoms with E-state index in [4.69, 9.17) is 11.6 Å². The molecule has 0 amide bonds. The summed E-state index contributed by atoms with van der Waals surface area (Å²) in [6.07, 6.45) is 1.91. The van der Waals surface area contributed by atoms with E-state index < -0.39 is 0 Å². The Hall–Kier alpha value is -0.860. The SMILES string of the molecule is O=C(CCl)C1CCN(Cc2ccccc2)CC1. The summed E-state index contributed by atoms with van der Waals surface area (Å²) in [5.74, 6) is 0.578. The summed E-state index contributed by atoms with van der Waals surface area (Å²) in [5.41, 5.74) is 1.34. The molecular formula is C14H18ClNO. The highest BCUT2D eigenvalue weighted by molar-refractivity contribution is 6.27. The number of ketones is 1. The van der Waals surface area contributed by atoms with E-state index in [2.05, 4.69) is 29.2 Å². The van der Waals surface area contributed by atoms with Crippen molar-refractivity contribution < 1.29 is 4.79 Å². The molecule has 0 radical (unpaired) electrons. The maximum absolute atomic E-state index is 11.5. The molecule has 1 aromatic carbocycles. The molecule has 3 heteroatoms. The molecule has 0 atom stereocenters. The van der Waals surface area contributed by atoms with Crippen molar-refractivity contribution in [2.45, 2.75) is 19.4 Å². The Morgan fingerprint density at radius 2 is 1.88 bits per heavy atom. The summed E-state index contributed by atoms with van der Waals surface area (Å²) >= 11 is 5.59. The number of Topliss-reactive ketones (excluding diaryl/α,β-unsaturated/α-hetero) is 1. The Morgan fingerprint density at radius 3 is 2.47 bits per heavy atom. The second-order valence-electron chi connectivity index (χ2n) is 4.64. The molecule has 17 heavy (non-hydrogen) atoms. The number of benzene rings is 1. The van der Waals surface area contributed by atoms with Gasteiger partial charge < -0.3 is 0 Å². The van der Waals surface area contributed by atoms with Crippen LogP contribution in [0.1, 0.15) is 18.4 Å². The van der Waals surface area contributed by atoms with Crippen LogP contribution in [0.3, 0.4) is 0 Å². The number of rotatable bonds is 4. The van der Waals surface area contributed by atoms with E-state index in [0.717, 1.165) is 32.5 Å². The fraction of sp³-hybridized carbons (Fsp3) is 0.500. The summed E-state index contributed by atoms with van der Waals surface area (Å²) < 4.78 is 0. The first-order valence-corrected chi connectivity index (χ1v) is 6.68. The molecule has 0 unspecified atom stereocenters. The Labute approximate surface area is 108 Å². The summed E-state index contributed by atoms with van der Waals surface area (Å²) in [4.78, 5) is 13.9. The monoisotopic (exact) mass is 251 g/mol. The van der Waals surface area contributed by atoms with Crippen LogP contribution in [0.5, 0.6) is 0 Å². The standard InChI is InChI=1S/C14H18ClNO/c15-10-14(17)13-6-8-16(9-7-13)11-12-4-2-1-3-5-12/h1-5,13H,6-11H2. The van der Waals surface area contributed by atoms with Crippen molar-refractivity contribution >= 4 is 17.4 Å². The number of likely N-dealkylation sites (tertiary alicyclic amines) is 1. The van der Waals surface area contributed by atoms with Crippen LogP contribution in [0.2, 0.25) is 0 Å². The van der Waals surface area contributed by atoms with Gasteiger partial charge in [-0.25, -0.2) is 0 Å². The molecule has 92 valence electrons. The number of hydrogen-bond acceptors (Lipinski definition) is 2. The van der Waals surface area contributed by atoms with Gasteiger partial charge in [-0.2, -0.15) is 0 Å². The molecule has 1 fully saturated rings.